The smallest absolute Gasteiger partial charge is 0.303 e. The highest BCUT2D eigenvalue weighted by Gasteiger charge is 2.61. The van der Waals surface area contributed by atoms with Gasteiger partial charge < -0.3 is 5.11 Å². The fourth-order valence-electron chi connectivity index (χ4n) is 8.92. The van der Waals surface area contributed by atoms with E-state index in [1.807, 2.05) is 6.08 Å². The highest BCUT2D eigenvalue weighted by atomic mass is 16.4. The zero-order valence-electron chi connectivity index (χ0n) is 21.2. The van der Waals surface area contributed by atoms with E-state index in [-0.39, 0.29) is 23.7 Å². The van der Waals surface area contributed by atoms with Gasteiger partial charge in [0.25, 0.3) is 0 Å². The Balaban J connectivity index is 1.52. The summed E-state index contributed by atoms with van der Waals surface area (Å²) in [6.45, 7) is 12.1. The van der Waals surface area contributed by atoms with E-state index in [1.165, 1.54) is 50.5 Å². The number of carboxylic acid groups (broad SMARTS) is 1. The number of rotatable bonds is 7. The second kappa shape index (κ2) is 8.91. The van der Waals surface area contributed by atoms with E-state index in [0.29, 0.717) is 23.0 Å². The van der Waals surface area contributed by atoms with E-state index >= 15 is 0 Å². The summed E-state index contributed by atoms with van der Waals surface area (Å²) >= 11 is 0. The molecule has 1 N–H and O–H groups in total. The molecule has 3 saturated carbocycles. The van der Waals surface area contributed by atoms with Gasteiger partial charge in [-0.15, -0.1) is 0 Å². The highest BCUT2D eigenvalue weighted by Crippen LogP contribution is 2.67. The third-order valence-corrected chi connectivity index (χ3v) is 10.7. The molecule has 3 heteroatoms. The summed E-state index contributed by atoms with van der Waals surface area (Å²) in [7, 11) is 0. The highest BCUT2D eigenvalue weighted by molar-refractivity contribution is 5.94. The number of allylic oxidation sites excluding steroid dienone is 2. The van der Waals surface area contributed by atoms with Crippen molar-refractivity contribution in [1.82, 2.24) is 0 Å². The molecule has 0 saturated heterocycles. The van der Waals surface area contributed by atoms with E-state index < -0.39 is 5.97 Å². The number of carbonyl (C=O) groups is 2. The van der Waals surface area contributed by atoms with E-state index in [9.17, 15) is 14.7 Å². The standard InChI is InChI=1S/C29H46O3/c1-18(2)7-6-8-19(3)22-9-10-23-27-24(12-14-29(22,23)5)28(4)13-11-20(16-26(31)32)15-21(28)17-25(27)30/h17-20,22-24,27H,6-16H2,1-5H3,(H,31,32)/t19?,20-,22+,23-,24-,27-,28-,29+/m0/s1. The third-order valence-electron chi connectivity index (χ3n) is 10.7. The molecule has 4 rings (SSSR count). The van der Waals surface area contributed by atoms with Gasteiger partial charge in [-0.25, -0.2) is 0 Å². The number of hydrogen-bond acceptors (Lipinski definition) is 2. The lowest BCUT2D eigenvalue weighted by Crippen LogP contribution is -2.53. The van der Waals surface area contributed by atoms with Crippen LogP contribution in [0.2, 0.25) is 0 Å². The van der Waals surface area contributed by atoms with Crippen molar-refractivity contribution in [3.05, 3.63) is 11.6 Å². The van der Waals surface area contributed by atoms with E-state index in [2.05, 4.69) is 34.6 Å². The molecule has 180 valence electrons. The predicted octanol–water partition coefficient (Wildman–Crippen LogP) is 7.30. The van der Waals surface area contributed by atoms with Crippen molar-refractivity contribution in [3.8, 4) is 0 Å². The fourth-order valence-corrected chi connectivity index (χ4v) is 8.92. The van der Waals surface area contributed by atoms with Crippen LogP contribution < -0.4 is 0 Å². The van der Waals surface area contributed by atoms with Gasteiger partial charge in [-0.1, -0.05) is 59.5 Å². The van der Waals surface area contributed by atoms with Gasteiger partial charge in [0, 0.05) is 12.3 Å². The Morgan fingerprint density at radius 1 is 1.06 bits per heavy atom. The number of hydrogen-bond donors (Lipinski definition) is 1. The summed E-state index contributed by atoms with van der Waals surface area (Å²) in [6, 6.07) is 0. The molecule has 0 spiro atoms. The maximum absolute atomic E-state index is 13.6. The van der Waals surface area contributed by atoms with Crippen molar-refractivity contribution in [2.45, 2.75) is 105 Å². The molecule has 4 aliphatic rings. The van der Waals surface area contributed by atoms with Crippen LogP contribution in [0.1, 0.15) is 105 Å². The monoisotopic (exact) mass is 442 g/mol. The summed E-state index contributed by atoms with van der Waals surface area (Å²) in [6.07, 6.45) is 14.1. The maximum Gasteiger partial charge on any atom is 0.303 e. The molecule has 0 heterocycles. The lowest BCUT2D eigenvalue weighted by atomic mass is 9.46. The first-order valence-corrected chi connectivity index (χ1v) is 13.5. The Bertz CT molecular complexity index is 766. The van der Waals surface area contributed by atoms with Crippen molar-refractivity contribution in [3.63, 3.8) is 0 Å². The lowest BCUT2D eigenvalue weighted by molar-refractivity contribution is -0.138. The lowest BCUT2D eigenvalue weighted by Gasteiger charge is -2.57. The molecule has 32 heavy (non-hydrogen) atoms. The Kier molecular flexibility index (Phi) is 6.69. The van der Waals surface area contributed by atoms with Crippen molar-refractivity contribution in [2.24, 2.45) is 52.3 Å². The minimum Gasteiger partial charge on any atom is -0.481 e. The topological polar surface area (TPSA) is 54.4 Å². The summed E-state index contributed by atoms with van der Waals surface area (Å²) in [4.78, 5) is 24.8. The van der Waals surface area contributed by atoms with Crippen LogP contribution in [-0.2, 0) is 9.59 Å². The molecular weight excluding hydrogens is 396 g/mol. The van der Waals surface area contributed by atoms with Crippen LogP contribution in [0.5, 0.6) is 0 Å². The number of fused-ring (bicyclic) bond motifs is 5. The third kappa shape index (κ3) is 4.11. The van der Waals surface area contributed by atoms with Crippen LogP contribution in [0.3, 0.4) is 0 Å². The van der Waals surface area contributed by atoms with Crippen LogP contribution in [0.4, 0.5) is 0 Å². The van der Waals surface area contributed by atoms with Gasteiger partial charge in [0.1, 0.15) is 0 Å². The number of carbonyl (C=O) groups excluding carboxylic acids is 1. The van der Waals surface area contributed by atoms with Crippen LogP contribution in [0.15, 0.2) is 11.6 Å². The van der Waals surface area contributed by atoms with Crippen LogP contribution in [-0.4, -0.2) is 16.9 Å². The molecular formula is C29H46O3. The van der Waals surface area contributed by atoms with E-state index in [0.717, 1.165) is 37.0 Å². The molecule has 3 fully saturated rings. The molecule has 0 aromatic rings. The normalized spacial score (nSPS) is 42.1. The van der Waals surface area contributed by atoms with Gasteiger partial charge in [0.15, 0.2) is 5.78 Å². The van der Waals surface area contributed by atoms with Gasteiger partial charge in [-0.05, 0) is 97.4 Å². The first-order valence-electron chi connectivity index (χ1n) is 13.5. The molecule has 0 aromatic heterocycles. The van der Waals surface area contributed by atoms with Crippen LogP contribution in [0, 0.1) is 52.3 Å². The van der Waals surface area contributed by atoms with Crippen molar-refractivity contribution in [1.29, 1.82) is 0 Å². The van der Waals surface area contributed by atoms with Crippen LogP contribution in [0.25, 0.3) is 0 Å². The largest absolute Gasteiger partial charge is 0.481 e. The molecule has 4 aliphatic carbocycles. The Labute approximate surface area is 195 Å². The predicted molar refractivity (Wildman–Crippen MR) is 129 cm³/mol. The quantitative estimate of drug-likeness (QED) is 0.450. The van der Waals surface area contributed by atoms with Gasteiger partial charge in [-0.2, -0.15) is 0 Å². The molecule has 0 aliphatic heterocycles. The summed E-state index contributed by atoms with van der Waals surface area (Å²) in [5.41, 5.74) is 1.70. The zero-order chi connectivity index (χ0) is 23.3. The Hall–Kier alpha value is -1.12. The molecule has 3 nitrogen and oxygen atoms in total. The average Bonchev–Trinajstić information content (AvgIpc) is 3.05. The molecule has 1 unspecified atom stereocenters. The number of ketones is 1. The second-order valence-electron chi connectivity index (χ2n) is 13.0. The first-order chi connectivity index (χ1) is 15.1. The molecule has 0 radical (unpaired) electrons. The van der Waals surface area contributed by atoms with Crippen LogP contribution >= 0.6 is 0 Å². The van der Waals surface area contributed by atoms with Gasteiger partial charge in [0.05, 0.1) is 0 Å². The zero-order valence-corrected chi connectivity index (χ0v) is 21.2. The van der Waals surface area contributed by atoms with Crippen molar-refractivity contribution < 1.29 is 14.7 Å². The first kappa shape index (κ1) is 24.0. The minimum atomic E-state index is -0.702. The molecule has 0 amide bonds. The second-order valence-corrected chi connectivity index (χ2v) is 13.0. The SMILES string of the molecule is CC(C)CCCC(C)[C@H]1CC[C@H]2[C@@H]3C(=O)C=C4C[C@@H](CC(=O)O)CC[C@]4(C)[C@H]3CC[C@]12C. The molecule has 0 bridgehead atoms. The fraction of sp³-hybridized carbons (Fsp3) is 0.862. The number of carboxylic acids is 1. The summed E-state index contributed by atoms with van der Waals surface area (Å²) in [5, 5.41) is 9.26. The van der Waals surface area contributed by atoms with Gasteiger partial charge in [0.2, 0.25) is 0 Å². The van der Waals surface area contributed by atoms with E-state index in [4.69, 9.17) is 0 Å². The van der Waals surface area contributed by atoms with Gasteiger partial charge in [-0.3, -0.25) is 9.59 Å². The average molecular weight is 443 g/mol. The summed E-state index contributed by atoms with van der Waals surface area (Å²) < 4.78 is 0. The Morgan fingerprint density at radius 3 is 2.50 bits per heavy atom. The van der Waals surface area contributed by atoms with Gasteiger partial charge >= 0.3 is 5.97 Å². The minimum absolute atomic E-state index is 0.107. The molecule has 8 atom stereocenters. The van der Waals surface area contributed by atoms with E-state index in [1.54, 1.807) is 0 Å². The summed E-state index contributed by atoms with van der Waals surface area (Å²) in [5.74, 6) is 3.39. The van der Waals surface area contributed by atoms with Crippen molar-refractivity contribution in [2.75, 3.05) is 0 Å². The van der Waals surface area contributed by atoms with Crippen molar-refractivity contribution >= 4 is 11.8 Å². The maximum atomic E-state index is 13.6. The molecule has 0 aromatic carbocycles. The Morgan fingerprint density at radius 2 is 1.81 bits per heavy atom. The number of aliphatic carboxylic acids is 1.